The van der Waals surface area contributed by atoms with E-state index >= 15 is 0 Å². The minimum absolute atomic E-state index is 0.00936. The van der Waals surface area contributed by atoms with Crippen LogP contribution in [0.4, 0.5) is 0 Å². The fourth-order valence-electron chi connectivity index (χ4n) is 5.93. The van der Waals surface area contributed by atoms with E-state index in [-0.39, 0.29) is 17.5 Å². The van der Waals surface area contributed by atoms with Crippen LogP contribution in [0.1, 0.15) is 72.6 Å². The molecule has 1 atom stereocenters. The summed E-state index contributed by atoms with van der Waals surface area (Å²) in [5.74, 6) is 0.0536. The monoisotopic (exact) mass is 376 g/mol. The zero-order valence-electron chi connectivity index (χ0n) is 17.5. The number of hydrogen-bond donors (Lipinski definition) is 1. The number of fused-ring (bicyclic) bond motifs is 2. The summed E-state index contributed by atoms with van der Waals surface area (Å²) in [5.41, 5.74) is 4.14. The van der Waals surface area contributed by atoms with Gasteiger partial charge in [-0.25, -0.2) is 0 Å². The second kappa shape index (κ2) is 7.36. The van der Waals surface area contributed by atoms with Gasteiger partial charge in [-0.15, -0.1) is 0 Å². The summed E-state index contributed by atoms with van der Waals surface area (Å²) in [6, 6.07) is 17.8. The highest BCUT2D eigenvalue weighted by Crippen LogP contribution is 2.53. The molecule has 4 rings (SSSR count). The second-order valence-corrected chi connectivity index (χ2v) is 8.92. The van der Waals surface area contributed by atoms with Crippen molar-refractivity contribution in [3.05, 3.63) is 70.8 Å². The SMILES string of the molecule is Cc1cccc(C)c1C(=O)N[C@H](c1ccccc1)C12CCC(CC1)N2C(C)C. The number of nitrogens with zero attached hydrogens (tertiary/aromatic N) is 1. The fourth-order valence-corrected chi connectivity index (χ4v) is 5.93. The minimum Gasteiger partial charge on any atom is -0.343 e. The zero-order valence-corrected chi connectivity index (χ0v) is 17.5. The lowest BCUT2D eigenvalue weighted by Gasteiger charge is -2.44. The number of aryl methyl sites for hydroxylation is 2. The van der Waals surface area contributed by atoms with Gasteiger partial charge in [0.15, 0.2) is 0 Å². The van der Waals surface area contributed by atoms with Gasteiger partial charge in [0.1, 0.15) is 0 Å². The first-order chi connectivity index (χ1) is 13.4. The van der Waals surface area contributed by atoms with Gasteiger partial charge in [-0.1, -0.05) is 48.5 Å². The van der Waals surface area contributed by atoms with Crippen molar-refractivity contribution in [1.29, 1.82) is 0 Å². The molecule has 2 aliphatic heterocycles. The van der Waals surface area contributed by atoms with Gasteiger partial charge in [0, 0.05) is 23.2 Å². The van der Waals surface area contributed by atoms with E-state index in [2.05, 4.69) is 54.4 Å². The molecule has 1 N–H and O–H groups in total. The molecule has 2 fully saturated rings. The molecule has 3 nitrogen and oxygen atoms in total. The van der Waals surface area contributed by atoms with Crippen LogP contribution in [0.3, 0.4) is 0 Å². The molecule has 2 bridgehead atoms. The van der Waals surface area contributed by atoms with Crippen LogP contribution in [0.15, 0.2) is 48.5 Å². The highest BCUT2D eigenvalue weighted by molar-refractivity contribution is 5.97. The van der Waals surface area contributed by atoms with Gasteiger partial charge in [0.05, 0.1) is 6.04 Å². The van der Waals surface area contributed by atoms with Crippen molar-refractivity contribution in [2.75, 3.05) is 0 Å². The number of rotatable bonds is 5. The predicted octanol–water partition coefficient (Wildman–Crippen LogP) is 5.18. The van der Waals surface area contributed by atoms with Crippen LogP contribution in [-0.4, -0.2) is 28.4 Å². The van der Waals surface area contributed by atoms with Gasteiger partial charge in [-0.3, -0.25) is 9.69 Å². The van der Waals surface area contributed by atoms with Gasteiger partial charge in [0.2, 0.25) is 0 Å². The Labute approximate surface area is 169 Å². The standard InChI is InChI=1S/C25H32N2O/c1-17(2)27-21-13-15-25(27,16-14-21)23(20-11-6-5-7-12-20)26-24(28)22-18(3)9-8-10-19(22)4/h5-12,17,21,23H,13-16H2,1-4H3,(H,26,28)/t21?,23-,25?/m1/s1. The highest BCUT2D eigenvalue weighted by atomic mass is 16.1. The molecule has 2 aromatic carbocycles. The summed E-state index contributed by atoms with van der Waals surface area (Å²) in [4.78, 5) is 16.1. The van der Waals surface area contributed by atoms with Crippen LogP contribution < -0.4 is 5.32 Å². The van der Waals surface area contributed by atoms with E-state index in [1.54, 1.807) is 0 Å². The normalized spacial score (nSPS) is 25.2. The highest BCUT2D eigenvalue weighted by Gasteiger charge is 2.57. The lowest BCUT2D eigenvalue weighted by Crippen LogP contribution is -2.54. The number of carbonyl (C=O) groups is 1. The van der Waals surface area contributed by atoms with Crippen LogP contribution in [0.2, 0.25) is 0 Å². The predicted molar refractivity (Wildman–Crippen MR) is 115 cm³/mol. The quantitative estimate of drug-likeness (QED) is 0.780. The van der Waals surface area contributed by atoms with Gasteiger partial charge in [-0.05, 0) is 70.1 Å². The van der Waals surface area contributed by atoms with Crippen LogP contribution in [-0.2, 0) is 0 Å². The number of hydrogen-bond acceptors (Lipinski definition) is 2. The van der Waals surface area contributed by atoms with Crippen LogP contribution >= 0.6 is 0 Å². The molecule has 0 unspecified atom stereocenters. The van der Waals surface area contributed by atoms with Crippen LogP contribution in [0.5, 0.6) is 0 Å². The van der Waals surface area contributed by atoms with Crippen molar-refractivity contribution in [3.8, 4) is 0 Å². The smallest absolute Gasteiger partial charge is 0.252 e. The molecule has 2 aliphatic rings. The molecular formula is C25H32N2O. The van der Waals surface area contributed by atoms with E-state index in [9.17, 15) is 4.79 Å². The van der Waals surface area contributed by atoms with Crippen molar-refractivity contribution in [2.24, 2.45) is 0 Å². The first-order valence-electron chi connectivity index (χ1n) is 10.6. The van der Waals surface area contributed by atoms with E-state index in [4.69, 9.17) is 0 Å². The van der Waals surface area contributed by atoms with Crippen molar-refractivity contribution >= 4 is 5.91 Å². The average molecular weight is 377 g/mol. The number of amides is 1. The Bertz CT molecular complexity index is 830. The van der Waals surface area contributed by atoms with Crippen molar-refractivity contribution in [1.82, 2.24) is 10.2 Å². The molecule has 28 heavy (non-hydrogen) atoms. The Morgan fingerprint density at radius 3 is 2.18 bits per heavy atom. The Balaban J connectivity index is 1.75. The minimum atomic E-state index is 0.00936. The zero-order chi connectivity index (χ0) is 19.9. The number of carbonyl (C=O) groups excluding carboxylic acids is 1. The molecule has 0 aliphatic carbocycles. The van der Waals surface area contributed by atoms with Gasteiger partial charge in [-0.2, -0.15) is 0 Å². The van der Waals surface area contributed by atoms with Crippen molar-refractivity contribution in [3.63, 3.8) is 0 Å². The Morgan fingerprint density at radius 2 is 1.61 bits per heavy atom. The van der Waals surface area contributed by atoms with E-state index in [1.807, 2.05) is 32.0 Å². The van der Waals surface area contributed by atoms with Crippen molar-refractivity contribution < 1.29 is 4.79 Å². The summed E-state index contributed by atoms with van der Waals surface area (Å²) in [6.07, 6.45) is 4.78. The summed E-state index contributed by atoms with van der Waals surface area (Å²) >= 11 is 0. The molecule has 2 heterocycles. The molecule has 148 valence electrons. The summed E-state index contributed by atoms with van der Waals surface area (Å²) in [5, 5.41) is 3.50. The maximum absolute atomic E-state index is 13.4. The number of nitrogens with one attached hydrogen (secondary N) is 1. The maximum Gasteiger partial charge on any atom is 0.252 e. The number of benzene rings is 2. The Morgan fingerprint density at radius 1 is 1.00 bits per heavy atom. The lowest BCUT2D eigenvalue weighted by atomic mass is 9.78. The first-order valence-corrected chi connectivity index (χ1v) is 10.6. The Kier molecular flexibility index (Phi) is 5.05. The molecule has 1 amide bonds. The van der Waals surface area contributed by atoms with E-state index in [0.717, 1.165) is 29.5 Å². The Hall–Kier alpha value is -2.13. The third kappa shape index (κ3) is 3.06. The summed E-state index contributed by atoms with van der Waals surface area (Å²) < 4.78 is 0. The van der Waals surface area contributed by atoms with Crippen molar-refractivity contribution in [2.45, 2.75) is 77.0 Å². The van der Waals surface area contributed by atoms with E-state index < -0.39 is 0 Å². The van der Waals surface area contributed by atoms with Crippen LogP contribution in [0, 0.1) is 13.8 Å². The molecule has 3 heteroatoms. The molecule has 0 radical (unpaired) electrons. The average Bonchev–Trinajstić information content (AvgIpc) is 3.23. The second-order valence-electron chi connectivity index (χ2n) is 8.92. The molecule has 2 aromatic rings. The molecule has 2 saturated heterocycles. The molecule has 0 spiro atoms. The molecule has 0 saturated carbocycles. The topological polar surface area (TPSA) is 32.3 Å². The van der Waals surface area contributed by atoms with Gasteiger partial charge >= 0.3 is 0 Å². The van der Waals surface area contributed by atoms with Crippen LogP contribution in [0.25, 0.3) is 0 Å². The van der Waals surface area contributed by atoms with E-state index in [0.29, 0.717) is 12.1 Å². The third-order valence-corrected chi connectivity index (χ3v) is 6.94. The summed E-state index contributed by atoms with van der Waals surface area (Å²) in [6.45, 7) is 8.65. The van der Waals surface area contributed by atoms with Gasteiger partial charge in [0.25, 0.3) is 5.91 Å². The maximum atomic E-state index is 13.4. The molecule has 0 aromatic heterocycles. The largest absolute Gasteiger partial charge is 0.343 e. The fraction of sp³-hybridized carbons (Fsp3) is 0.480. The van der Waals surface area contributed by atoms with E-state index in [1.165, 1.54) is 18.4 Å². The lowest BCUT2D eigenvalue weighted by molar-refractivity contribution is 0.0653. The molecular weight excluding hydrogens is 344 g/mol. The van der Waals surface area contributed by atoms with Gasteiger partial charge < -0.3 is 5.32 Å². The first kappa shape index (κ1) is 19.2. The summed E-state index contributed by atoms with van der Waals surface area (Å²) in [7, 11) is 0. The third-order valence-electron chi connectivity index (χ3n) is 6.94.